The summed E-state index contributed by atoms with van der Waals surface area (Å²) in [5.41, 5.74) is -0.347. The van der Waals surface area contributed by atoms with Crippen LogP contribution in [0.15, 0.2) is 61.2 Å². The highest BCUT2D eigenvalue weighted by Gasteiger charge is 2.36. The van der Waals surface area contributed by atoms with Gasteiger partial charge in [-0.15, -0.1) is 0 Å². The lowest BCUT2D eigenvalue weighted by molar-refractivity contribution is -0.905. The standard InChI is InChI=1S/C22H16F5N4O2/c23-16-5-6-17(24)20-19(16)21(30-12-29-20)28-9-7-13-1-3-14(4-2-13)33-18-11-31(32)10-8-15(18)22(25,26)27/h1-6,8,10-12,32H,7,9H2,(H,28,29,30)/q+1. The van der Waals surface area contributed by atoms with Gasteiger partial charge in [-0.1, -0.05) is 12.1 Å². The molecular weight excluding hydrogens is 447 g/mol. The van der Waals surface area contributed by atoms with Crippen molar-refractivity contribution < 1.29 is 36.6 Å². The van der Waals surface area contributed by atoms with Crippen LogP contribution in [0.25, 0.3) is 10.9 Å². The molecule has 2 heterocycles. The lowest BCUT2D eigenvalue weighted by Gasteiger charge is -2.12. The highest BCUT2D eigenvalue weighted by atomic mass is 19.4. The molecule has 170 valence electrons. The molecule has 0 spiro atoms. The van der Waals surface area contributed by atoms with E-state index in [2.05, 4.69) is 15.3 Å². The van der Waals surface area contributed by atoms with E-state index >= 15 is 0 Å². The van der Waals surface area contributed by atoms with E-state index in [-0.39, 0.29) is 22.5 Å². The van der Waals surface area contributed by atoms with E-state index in [1.54, 1.807) is 12.1 Å². The number of rotatable bonds is 6. The van der Waals surface area contributed by atoms with Gasteiger partial charge in [0.1, 0.15) is 40.6 Å². The summed E-state index contributed by atoms with van der Waals surface area (Å²) >= 11 is 0. The number of fused-ring (bicyclic) bond motifs is 1. The smallest absolute Gasteiger partial charge is 0.420 e. The van der Waals surface area contributed by atoms with Crippen LogP contribution in [0.5, 0.6) is 11.5 Å². The van der Waals surface area contributed by atoms with Crippen LogP contribution in [0.4, 0.5) is 27.8 Å². The Bertz CT molecular complexity index is 1300. The molecule has 0 unspecified atom stereocenters. The first-order chi connectivity index (χ1) is 15.7. The van der Waals surface area contributed by atoms with E-state index in [0.29, 0.717) is 23.8 Å². The summed E-state index contributed by atoms with van der Waals surface area (Å²) < 4.78 is 73.2. The lowest BCUT2D eigenvalue weighted by atomic mass is 10.1. The Morgan fingerprint density at radius 2 is 1.70 bits per heavy atom. The van der Waals surface area contributed by atoms with Crippen molar-refractivity contribution in [2.45, 2.75) is 12.6 Å². The number of hydrogen-bond donors (Lipinski definition) is 2. The zero-order chi connectivity index (χ0) is 23.6. The highest BCUT2D eigenvalue weighted by molar-refractivity contribution is 5.89. The molecule has 0 saturated heterocycles. The van der Waals surface area contributed by atoms with E-state index in [1.165, 1.54) is 12.1 Å². The molecule has 0 atom stereocenters. The Labute approximate surface area is 183 Å². The molecule has 0 aliphatic heterocycles. The summed E-state index contributed by atoms with van der Waals surface area (Å²) in [6.45, 7) is 0.323. The summed E-state index contributed by atoms with van der Waals surface area (Å²) in [5.74, 6) is -1.57. The van der Waals surface area contributed by atoms with Crippen molar-refractivity contribution in [3.8, 4) is 11.5 Å². The topological polar surface area (TPSA) is 71.2 Å². The number of nitrogens with one attached hydrogen (secondary N) is 1. The minimum Gasteiger partial charge on any atom is -0.450 e. The highest BCUT2D eigenvalue weighted by Crippen LogP contribution is 2.37. The number of aromatic nitrogens is 3. The third-order valence-corrected chi connectivity index (χ3v) is 4.76. The molecule has 4 aromatic rings. The number of hydrogen-bond acceptors (Lipinski definition) is 5. The van der Waals surface area contributed by atoms with E-state index in [9.17, 15) is 27.2 Å². The van der Waals surface area contributed by atoms with E-state index in [4.69, 9.17) is 4.74 Å². The second-order valence-corrected chi connectivity index (χ2v) is 7.00. The zero-order valence-corrected chi connectivity index (χ0v) is 16.8. The Kier molecular flexibility index (Phi) is 5.95. The summed E-state index contributed by atoms with van der Waals surface area (Å²) in [7, 11) is 0. The van der Waals surface area contributed by atoms with Crippen LogP contribution in [-0.2, 0) is 12.6 Å². The summed E-state index contributed by atoms with van der Waals surface area (Å²) in [4.78, 5) is 7.74. The summed E-state index contributed by atoms with van der Waals surface area (Å²) in [6, 6.07) is 8.97. The average molecular weight is 463 g/mol. The maximum Gasteiger partial charge on any atom is 0.420 e. The van der Waals surface area contributed by atoms with Crippen molar-refractivity contribution in [3.63, 3.8) is 0 Å². The fraction of sp³-hybridized carbons (Fsp3) is 0.136. The van der Waals surface area contributed by atoms with Crippen LogP contribution < -0.4 is 14.8 Å². The summed E-state index contributed by atoms with van der Waals surface area (Å²) in [5, 5.41) is 12.3. The van der Waals surface area contributed by atoms with Gasteiger partial charge in [0, 0.05) is 17.3 Å². The van der Waals surface area contributed by atoms with Gasteiger partial charge in [0.25, 0.3) is 6.20 Å². The number of ether oxygens (including phenoxy) is 1. The van der Waals surface area contributed by atoms with Gasteiger partial charge in [0.2, 0.25) is 11.9 Å². The molecule has 4 rings (SSSR count). The fourth-order valence-electron chi connectivity index (χ4n) is 3.19. The molecule has 0 radical (unpaired) electrons. The molecule has 11 heteroatoms. The molecule has 6 nitrogen and oxygen atoms in total. The van der Waals surface area contributed by atoms with E-state index in [0.717, 1.165) is 36.4 Å². The van der Waals surface area contributed by atoms with Gasteiger partial charge in [0.15, 0.2) is 0 Å². The molecular formula is C22H16F5N4O2+. The van der Waals surface area contributed by atoms with Crippen LogP contribution in [0.2, 0.25) is 0 Å². The second-order valence-electron chi connectivity index (χ2n) is 7.00. The number of pyridine rings is 1. The Morgan fingerprint density at radius 1 is 0.970 bits per heavy atom. The monoisotopic (exact) mass is 463 g/mol. The molecule has 0 aliphatic carbocycles. The van der Waals surface area contributed by atoms with Gasteiger partial charge in [-0.05, 0) is 36.2 Å². The fourth-order valence-corrected chi connectivity index (χ4v) is 3.19. The molecule has 0 amide bonds. The molecule has 2 N–H and O–H groups in total. The molecule has 0 aliphatic rings. The van der Waals surface area contributed by atoms with Gasteiger partial charge < -0.3 is 10.1 Å². The van der Waals surface area contributed by atoms with Crippen LogP contribution in [-0.4, -0.2) is 21.7 Å². The largest absolute Gasteiger partial charge is 0.450 e. The second kappa shape index (κ2) is 8.85. The van der Waals surface area contributed by atoms with E-state index < -0.39 is 29.1 Å². The van der Waals surface area contributed by atoms with Crippen LogP contribution in [0, 0.1) is 11.6 Å². The van der Waals surface area contributed by atoms with Crippen molar-refractivity contribution in [1.29, 1.82) is 0 Å². The maximum absolute atomic E-state index is 14.1. The SMILES string of the molecule is O[n+]1ccc(C(F)(F)F)c(Oc2ccc(CCNc3ncnc4c(F)ccc(F)c34)cc2)c1. The number of benzene rings is 2. The maximum atomic E-state index is 14.1. The van der Waals surface area contributed by atoms with Gasteiger partial charge in [0.05, 0.1) is 5.39 Å². The van der Waals surface area contributed by atoms with Crippen LogP contribution >= 0.6 is 0 Å². The van der Waals surface area contributed by atoms with Crippen molar-refractivity contribution in [1.82, 2.24) is 9.97 Å². The Hall–Kier alpha value is -4.02. The molecule has 33 heavy (non-hydrogen) atoms. The summed E-state index contributed by atoms with van der Waals surface area (Å²) in [6.07, 6.45) is -1.39. The molecule has 0 fully saturated rings. The van der Waals surface area contributed by atoms with Crippen molar-refractivity contribution in [2.24, 2.45) is 0 Å². The number of halogens is 5. The predicted molar refractivity (Wildman–Crippen MR) is 107 cm³/mol. The van der Waals surface area contributed by atoms with Crippen molar-refractivity contribution in [3.05, 3.63) is 83.9 Å². The Morgan fingerprint density at radius 3 is 2.42 bits per heavy atom. The molecule has 2 aromatic heterocycles. The third-order valence-electron chi connectivity index (χ3n) is 4.76. The number of anilines is 1. The zero-order valence-electron chi connectivity index (χ0n) is 16.8. The van der Waals surface area contributed by atoms with Crippen molar-refractivity contribution >= 4 is 16.7 Å². The molecule has 2 aromatic carbocycles. The first-order valence-electron chi connectivity index (χ1n) is 9.63. The minimum absolute atomic E-state index is 0.0503. The van der Waals surface area contributed by atoms with Crippen LogP contribution in [0.3, 0.4) is 0 Å². The molecule has 0 bridgehead atoms. The number of nitrogens with zero attached hydrogens (tertiary/aromatic N) is 3. The van der Waals surface area contributed by atoms with Crippen molar-refractivity contribution in [2.75, 3.05) is 11.9 Å². The first-order valence-corrected chi connectivity index (χ1v) is 9.63. The Balaban J connectivity index is 1.43. The predicted octanol–water partition coefficient (Wildman–Crippen LogP) is 4.90. The third kappa shape index (κ3) is 4.92. The van der Waals surface area contributed by atoms with Gasteiger partial charge in [-0.25, -0.2) is 18.7 Å². The normalized spacial score (nSPS) is 11.5. The average Bonchev–Trinajstić information content (AvgIpc) is 2.77. The van der Waals surface area contributed by atoms with Gasteiger partial charge in [-0.3, -0.25) is 5.21 Å². The molecule has 0 saturated carbocycles. The van der Waals surface area contributed by atoms with Crippen LogP contribution in [0.1, 0.15) is 11.1 Å². The van der Waals surface area contributed by atoms with Gasteiger partial charge in [-0.2, -0.15) is 13.2 Å². The van der Waals surface area contributed by atoms with Gasteiger partial charge >= 0.3 is 6.18 Å². The first kappa shape index (κ1) is 22.2. The quantitative estimate of drug-likeness (QED) is 0.242. The van der Waals surface area contributed by atoms with E-state index in [1.807, 2.05) is 0 Å². The lowest BCUT2D eigenvalue weighted by Crippen LogP contribution is -2.29. The number of alkyl halides is 3. The minimum atomic E-state index is -4.65.